The monoisotopic (exact) mass is 265 g/mol. The molecule has 2 atom stereocenters. The zero-order valence-corrected chi connectivity index (χ0v) is 12.6. The smallest absolute Gasteiger partial charge is 0.0794 e. The predicted octanol–water partition coefficient (Wildman–Crippen LogP) is 0.707. The van der Waals surface area contributed by atoms with Crippen molar-refractivity contribution in [3.05, 3.63) is 18.0 Å². The topological polar surface area (TPSA) is 36.3 Å². The first-order valence-electron chi connectivity index (χ1n) is 7.22. The quantitative estimate of drug-likeness (QED) is 0.850. The van der Waals surface area contributed by atoms with Gasteiger partial charge >= 0.3 is 0 Å². The second kappa shape index (κ2) is 6.50. The molecule has 2 unspecified atom stereocenters. The minimum Gasteiger partial charge on any atom is -0.309 e. The van der Waals surface area contributed by atoms with Gasteiger partial charge in [-0.05, 0) is 33.1 Å². The fourth-order valence-corrected chi connectivity index (χ4v) is 2.80. The average molecular weight is 265 g/mol. The molecule has 2 rings (SSSR count). The number of aryl methyl sites for hydroxylation is 1. The molecular weight excluding hydrogens is 238 g/mol. The Morgan fingerprint density at radius 3 is 2.79 bits per heavy atom. The largest absolute Gasteiger partial charge is 0.309 e. The molecule has 1 aliphatic rings. The molecule has 0 spiro atoms. The van der Waals surface area contributed by atoms with E-state index < -0.39 is 0 Å². The van der Waals surface area contributed by atoms with Gasteiger partial charge in [-0.1, -0.05) is 6.92 Å². The van der Waals surface area contributed by atoms with Gasteiger partial charge in [0.25, 0.3) is 0 Å². The summed E-state index contributed by atoms with van der Waals surface area (Å²) in [5.74, 6) is 0. The molecule has 1 saturated heterocycles. The predicted molar refractivity (Wildman–Crippen MR) is 78.2 cm³/mol. The maximum absolute atomic E-state index is 4.56. The van der Waals surface area contributed by atoms with Crippen LogP contribution >= 0.6 is 0 Å². The summed E-state index contributed by atoms with van der Waals surface area (Å²) in [4.78, 5) is 4.90. The van der Waals surface area contributed by atoms with Crippen LogP contribution in [-0.2, 0) is 7.05 Å². The van der Waals surface area contributed by atoms with Crippen LogP contribution in [0.5, 0.6) is 0 Å². The number of likely N-dealkylation sites (N-methyl/N-ethyl adjacent to an activating group) is 2. The molecule has 0 bridgehead atoms. The molecular formula is C14H27N5. The maximum atomic E-state index is 4.56. The van der Waals surface area contributed by atoms with Crippen molar-refractivity contribution in [2.75, 3.05) is 40.3 Å². The van der Waals surface area contributed by atoms with Gasteiger partial charge in [0, 0.05) is 38.9 Å². The third-order valence-corrected chi connectivity index (χ3v) is 4.03. The van der Waals surface area contributed by atoms with Gasteiger partial charge in [-0.2, -0.15) is 5.10 Å². The summed E-state index contributed by atoms with van der Waals surface area (Å²) >= 11 is 0. The molecule has 1 aromatic heterocycles. The highest BCUT2D eigenvalue weighted by molar-refractivity contribution is 5.06. The zero-order valence-electron chi connectivity index (χ0n) is 12.6. The number of hydrogen-bond donors (Lipinski definition) is 1. The van der Waals surface area contributed by atoms with Crippen LogP contribution in [0.1, 0.15) is 25.1 Å². The Morgan fingerprint density at radius 1 is 1.37 bits per heavy atom. The fraction of sp³-hybridized carbons (Fsp3) is 0.786. The summed E-state index contributed by atoms with van der Waals surface area (Å²) in [7, 11) is 6.43. The fourth-order valence-electron chi connectivity index (χ4n) is 2.80. The molecule has 5 heteroatoms. The second-order valence-corrected chi connectivity index (χ2v) is 5.66. The second-order valence-electron chi connectivity index (χ2n) is 5.66. The van der Waals surface area contributed by atoms with Crippen LogP contribution in [-0.4, -0.2) is 65.9 Å². The number of aromatic nitrogens is 2. The SMILES string of the molecule is CCNC(CC1CN(C)CCN1C)c1ccn(C)n1. The molecule has 0 amide bonds. The van der Waals surface area contributed by atoms with Gasteiger partial charge in [0.1, 0.15) is 0 Å². The molecule has 0 aliphatic carbocycles. The van der Waals surface area contributed by atoms with Crippen molar-refractivity contribution in [2.24, 2.45) is 7.05 Å². The van der Waals surface area contributed by atoms with E-state index in [4.69, 9.17) is 0 Å². The van der Waals surface area contributed by atoms with E-state index in [1.54, 1.807) is 0 Å². The van der Waals surface area contributed by atoms with E-state index >= 15 is 0 Å². The van der Waals surface area contributed by atoms with E-state index in [1.807, 2.05) is 17.9 Å². The minimum absolute atomic E-state index is 0.352. The highest BCUT2D eigenvalue weighted by Crippen LogP contribution is 2.21. The molecule has 0 saturated carbocycles. The lowest BCUT2D eigenvalue weighted by atomic mass is 10.0. The van der Waals surface area contributed by atoms with Gasteiger partial charge < -0.3 is 15.1 Å². The van der Waals surface area contributed by atoms with Crippen LogP contribution in [0.2, 0.25) is 0 Å². The third-order valence-electron chi connectivity index (χ3n) is 4.03. The summed E-state index contributed by atoms with van der Waals surface area (Å²) in [6.07, 6.45) is 3.14. The molecule has 2 heterocycles. The van der Waals surface area contributed by atoms with Gasteiger partial charge in [-0.15, -0.1) is 0 Å². The van der Waals surface area contributed by atoms with E-state index in [0.717, 1.165) is 31.7 Å². The number of nitrogens with one attached hydrogen (secondary N) is 1. The van der Waals surface area contributed by atoms with Crippen LogP contribution < -0.4 is 5.32 Å². The lowest BCUT2D eigenvalue weighted by Crippen LogP contribution is -2.51. The van der Waals surface area contributed by atoms with Crippen LogP contribution in [0, 0.1) is 0 Å². The summed E-state index contributed by atoms with van der Waals surface area (Å²) in [6, 6.07) is 3.08. The molecule has 1 N–H and O–H groups in total. The summed E-state index contributed by atoms with van der Waals surface area (Å²) < 4.78 is 1.89. The number of piperazine rings is 1. The van der Waals surface area contributed by atoms with Crippen molar-refractivity contribution in [1.82, 2.24) is 24.9 Å². The van der Waals surface area contributed by atoms with Crippen molar-refractivity contribution < 1.29 is 0 Å². The Hall–Kier alpha value is -0.910. The van der Waals surface area contributed by atoms with Gasteiger partial charge in [-0.25, -0.2) is 0 Å². The van der Waals surface area contributed by atoms with Gasteiger partial charge in [0.05, 0.1) is 11.7 Å². The lowest BCUT2D eigenvalue weighted by Gasteiger charge is -2.39. The minimum atomic E-state index is 0.352. The Labute approximate surface area is 116 Å². The van der Waals surface area contributed by atoms with Gasteiger partial charge in [0.15, 0.2) is 0 Å². The molecule has 0 radical (unpaired) electrons. The lowest BCUT2D eigenvalue weighted by molar-refractivity contribution is 0.101. The third kappa shape index (κ3) is 3.78. The number of nitrogens with zero attached hydrogens (tertiary/aromatic N) is 4. The first-order valence-corrected chi connectivity index (χ1v) is 7.22. The number of rotatable bonds is 5. The van der Waals surface area contributed by atoms with Crippen molar-refractivity contribution >= 4 is 0 Å². The van der Waals surface area contributed by atoms with Crippen molar-refractivity contribution in [3.63, 3.8) is 0 Å². The highest BCUT2D eigenvalue weighted by atomic mass is 15.3. The molecule has 1 aromatic rings. The highest BCUT2D eigenvalue weighted by Gasteiger charge is 2.26. The molecule has 5 nitrogen and oxygen atoms in total. The number of hydrogen-bond acceptors (Lipinski definition) is 4. The molecule has 0 aromatic carbocycles. The summed E-state index contributed by atoms with van der Waals surface area (Å²) in [5, 5.41) is 8.14. The average Bonchev–Trinajstić information content (AvgIpc) is 2.80. The standard InChI is InChI=1S/C14H27N5/c1-5-15-14(13-6-7-19(4)16-13)10-12-11-17(2)8-9-18(12)3/h6-7,12,14-15H,5,8-11H2,1-4H3. The van der Waals surface area contributed by atoms with E-state index in [2.05, 4.69) is 47.3 Å². The Bertz CT molecular complexity index is 389. The Morgan fingerprint density at radius 2 is 2.16 bits per heavy atom. The Kier molecular flexibility index (Phi) is 4.96. The van der Waals surface area contributed by atoms with Crippen molar-refractivity contribution in [1.29, 1.82) is 0 Å². The van der Waals surface area contributed by atoms with E-state index in [9.17, 15) is 0 Å². The van der Waals surface area contributed by atoms with E-state index in [0.29, 0.717) is 12.1 Å². The zero-order chi connectivity index (χ0) is 13.8. The Balaban J connectivity index is 2.03. The van der Waals surface area contributed by atoms with E-state index in [1.165, 1.54) is 6.54 Å². The summed E-state index contributed by atoms with van der Waals surface area (Å²) in [6.45, 7) is 6.61. The maximum Gasteiger partial charge on any atom is 0.0794 e. The normalized spacial score (nSPS) is 23.7. The molecule has 108 valence electrons. The molecule has 1 fully saturated rings. The van der Waals surface area contributed by atoms with Crippen LogP contribution in [0.4, 0.5) is 0 Å². The van der Waals surface area contributed by atoms with Crippen LogP contribution in [0.3, 0.4) is 0 Å². The first-order chi connectivity index (χ1) is 9.10. The summed E-state index contributed by atoms with van der Waals surface area (Å²) in [5.41, 5.74) is 1.16. The van der Waals surface area contributed by atoms with Crippen LogP contribution in [0.15, 0.2) is 12.3 Å². The molecule has 19 heavy (non-hydrogen) atoms. The van der Waals surface area contributed by atoms with Gasteiger partial charge in [0.2, 0.25) is 0 Å². The van der Waals surface area contributed by atoms with E-state index in [-0.39, 0.29) is 0 Å². The molecule has 1 aliphatic heterocycles. The van der Waals surface area contributed by atoms with Gasteiger partial charge in [-0.3, -0.25) is 4.68 Å². The first kappa shape index (κ1) is 14.5. The van der Waals surface area contributed by atoms with Crippen molar-refractivity contribution in [3.8, 4) is 0 Å². The van der Waals surface area contributed by atoms with Crippen LogP contribution in [0.25, 0.3) is 0 Å². The van der Waals surface area contributed by atoms with Crippen molar-refractivity contribution in [2.45, 2.75) is 25.4 Å².